The van der Waals surface area contributed by atoms with E-state index < -0.39 is 0 Å². The molecular formula is C18H22BrClFNO2. The minimum atomic E-state index is -0.153. The number of ether oxygens (including phenoxy) is 2. The van der Waals surface area contributed by atoms with E-state index in [1.807, 2.05) is 31.2 Å². The van der Waals surface area contributed by atoms with E-state index in [9.17, 15) is 4.39 Å². The van der Waals surface area contributed by atoms with Crippen LogP contribution in [-0.2, 0) is 13.0 Å². The summed E-state index contributed by atoms with van der Waals surface area (Å²) in [5.74, 6) is 1.26. The zero-order valence-electron chi connectivity index (χ0n) is 13.8. The zero-order chi connectivity index (χ0) is 16.7. The molecule has 0 bridgehead atoms. The summed E-state index contributed by atoms with van der Waals surface area (Å²) in [7, 11) is 1.62. The Morgan fingerprint density at radius 1 is 1.21 bits per heavy atom. The molecule has 0 aromatic heterocycles. The van der Waals surface area contributed by atoms with Crippen molar-refractivity contribution in [3.8, 4) is 11.5 Å². The van der Waals surface area contributed by atoms with Crippen LogP contribution in [0.1, 0.15) is 18.1 Å². The van der Waals surface area contributed by atoms with Gasteiger partial charge in [0, 0.05) is 6.54 Å². The Hall–Kier alpha value is -1.30. The third-order valence-corrected chi connectivity index (χ3v) is 4.02. The van der Waals surface area contributed by atoms with Crippen LogP contribution in [-0.4, -0.2) is 20.3 Å². The van der Waals surface area contributed by atoms with E-state index in [2.05, 4.69) is 21.2 Å². The van der Waals surface area contributed by atoms with E-state index in [0.29, 0.717) is 31.9 Å². The van der Waals surface area contributed by atoms with Gasteiger partial charge in [0.25, 0.3) is 0 Å². The fourth-order valence-electron chi connectivity index (χ4n) is 2.34. The minimum absolute atomic E-state index is 0. The molecule has 2 rings (SSSR count). The summed E-state index contributed by atoms with van der Waals surface area (Å²) in [6, 6.07) is 10.8. The van der Waals surface area contributed by atoms with Crippen molar-refractivity contribution in [3.05, 3.63) is 57.8 Å². The molecule has 0 amide bonds. The first-order valence-electron chi connectivity index (χ1n) is 7.59. The topological polar surface area (TPSA) is 30.5 Å². The smallest absolute Gasteiger partial charge is 0.174 e. The second-order valence-electron chi connectivity index (χ2n) is 5.06. The predicted octanol–water partition coefficient (Wildman–Crippen LogP) is 4.75. The molecule has 0 aliphatic heterocycles. The van der Waals surface area contributed by atoms with Crippen molar-refractivity contribution >= 4 is 28.3 Å². The first kappa shape index (κ1) is 20.7. The summed E-state index contributed by atoms with van der Waals surface area (Å²) in [5, 5.41) is 3.33. The number of methoxy groups -OCH3 is 1. The van der Waals surface area contributed by atoms with Gasteiger partial charge in [-0.25, -0.2) is 4.39 Å². The van der Waals surface area contributed by atoms with E-state index in [4.69, 9.17) is 9.47 Å². The van der Waals surface area contributed by atoms with Gasteiger partial charge in [-0.05, 0) is 65.1 Å². The first-order chi connectivity index (χ1) is 11.2. The molecule has 6 heteroatoms. The molecule has 1 N–H and O–H groups in total. The molecular weight excluding hydrogens is 397 g/mol. The molecule has 0 heterocycles. The van der Waals surface area contributed by atoms with Crippen LogP contribution in [0.15, 0.2) is 40.9 Å². The molecule has 24 heavy (non-hydrogen) atoms. The SMILES string of the molecule is CCOc1cc(CNCCc2ccccc2F)cc(Br)c1OC.Cl. The normalized spacial score (nSPS) is 10.2. The Balaban J connectivity index is 0.00000288. The largest absolute Gasteiger partial charge is 0.492 e. The summed E-state index contributed by atoms with van der Waals surface area (Å²) in [4.78, 5) is 0. The highest BCUT2D eigenvalue weighted by Gasteiger charge is 2.11. The third kappa shape index (κ3) is 5.65. The van der Waals surface area contributed by atoms with Gasteiger partial charge in [0.05, 0.1) is 18.2 Å². The van der Waals surface area contributed by atoms with Crippen molar-refractivity contribution in [1.82, 2.24) is 5.32 Å². The third-order valence-electron chi connectivity index (χ3n) is 3.43. The Labute approximate surface area is 157 Å². The fourth-order valence-corrected chi connectivity index (χ4v) is 2.99. The highest BCUT2D eigenvalue weighted by molar-refractivity contribution is 9.10. The fraction of sp³-hybridized carbons (Fsp3) is 0.333. The van der Waals surface area contributed by atoms with E-state index in [1.54, 1.807) is 13.2 Å². The van der Waals surface area contributed by atoms with Gasteiger partial charge in [-0.2, -0.15) is 0 Å². The lowest BCUT2D eigenvalue weighted by Crippen LogP contribution is -2.17. The molecule has 3 nitrogen and oxygen atoms in total. The van der Waals surface area contributed by atoms with Crippen molar-refractivity contribution in [1.29, 1.82) is 0 Å². The number of hydrogen-bond acceptors (Lipinski definition) is 3. The molecule has 0 unspecified atom stereocenters. The zero-order valence-corrected chi connectivity index (χ0v) is 16.2. The van der Waals surface area contributed by atoms with Crippen LogP contribution < -0.4 is 14.8 Å². The van der Waals surface area contributed by atoms with Gasteiger partial charge in [-0.15, -0.1) is 12.4 Å². The van der Waals surface area contributed by atoms with Gasteiger partial charge >= 0.3 is 0 Å². The highest BCUT2D eigenvalue weighted by atomic mass is 79.9. The van der Waals surface area contributed by atoms with Crippen molar-refractivity contribution in [2.45, 2.75) is 19.9 Å². The second kappa shape index (κ2) is 10.5. The molecule has 0 atom stereocenters. The van der Waals surface area contributed by atoms with Gasteiger partial charge in [0.1, 0.15) is 5.82 Å². The molecule has 0 spiro atoms. The summed E-state index contributed by atoms with van der Waals surface area (Å²) in [6.07, 6.45) is 0.655. The predicted molar refractivity (Wildman–Crippen MR) is 101 cm³/mol. The second-order valence-corrected chi connectivity index (χ2v) is 5.91. The van der Waals surface area contributed by atoms with Gasteiger partial charge in [-0.3, -0.25) is 0 Å². The maximum Gasteiger partial charge on any atom is 0.174 e. The summed E-state index contributed by atoms with van der Waals surface area (Å²) >= 11 is 3.50. The Morgan fingerprint density at radius 3 is 2.62 bits per heavy atom. The molecule has 2 aromatic carbocycles. The molecule has 0 aliphatic rings. The first-order valence-corrected chi connectivity index (χ1v) is 8.38. The van der Waals surface area contributed by atoms with E-state index in [1.165, 1.54) is 6.07 Å². The van der Waals surface area contributed by atoms with Crippen molar-refractivity contribution in [3.63, 3.8) is 0 Å². The van der Waals surface area contributed by atoms with Crippen LogP contribution in [0.2, 0.25) is 0 Å². The number of rotatable bonds is 8. The molecule has 132 valence electrons. The standard InChI is InChI=1S/C18H21BrFNO2.ClH/c1-3-23-17-11-13(10-15(19)18(17)22-2)12-21-9-8-14-6-4-5-7-16(14)20;/h4-7,10-11,21H,3,8-9,12H2,1-2H3;1H. The van der Waals surface area contributed by atoms with Crippen LogP contribution in [0.5, 0.6) is 11.5 Å². The van der Waals surface area contributed by atoms with Crippen LogP contribution in [0, 0.1) is 5.82 Å². The highest BCUT2D eigenvalue weighted by Crippen LogP contribution is 2.36. The van der Waals surface area contributed by atoms with E-state index in [-0.39, 0.29) is 18.2 Å². The minimum Gasteiger partial charge on any atom is -0.492 e. The van der Waals surface area contributed by atoms with Gasteiger partial charge in [0.2, 0.25) is 0 Å². The lowest BCUT2D eigenvalue weighted by molar-refractivity contribution is 0.309. The molecule has 0 saturated carbocycles. The lowest BCUT2D eigenvalue weighted by Gasteiger charge is -2.13. The average Bonchev–Trinajstić information content (AvgIpc) is 2.53. The van der Waals surface area contributed by atoms with Crippen molar-refractivity contribution in [2.75, 3.05) is 20.3 Å². The Bertz CT molecular complexity index is 655. The van der Waals surface area contributed by atoms with Gasteiger partial charge in [0.15, 0.2) is 11.5 Å². The van der Waals surface area contributed by atoms with Crippen LogP contribution in [0.3, 0.4) is 0 Å². The number of halogens is 3. The maximum absolute atomic E-state index is 13.5. The van der Waals surface area contributed by atoms with E-state index >= 15 is 0 Å². The number of nitrogens with one attached hydrogen (secondary N) is 1. The quantitative estimate of drug-likeness (QED) is 0.628. The number of hydrogen-bond donors (Lipinski definition) is 1. The van der Waals surface area contributed by atoms with Crippen LogP contribution in [0.4, 0.5) is 4.39 Å². The average molecular weight is 419 g/mol. The summed E-state index contributed by atoms with van der Waals surface area (Å²) in [6.45, 7) is 3.89. The Kier molecular flexibility index (Phi) is 9.11. The molecule has 2 aromatic rings. The van der Waals surface area contributed by atoms with Crippen molar-refractivity contribution in [2.24, 2.45) is 0 Å². The van der Waals surface area contributed by atoms with Crippen LogP contribution in [0.25, 0.3) is 0 Å². The maximum atomic E-state index is 13.5. The summed E-state index contributed by atoms with van der Waals surface area (Å²) in [5.41, 5.74) is 1.81. The van der Waals surface area contributed by atoms with Crippen molar-refractivity contribution < 1.29 is 13.9 Å². The van der Waals surface area contributed by atoms with E-state index in [0.717, 1.165) is 21.3 Å². The lowest BCUT2D eigenvalue weighted by atomic mass is 10.1. The Morgan fingerprint density at radius 2 is 1.96 bits per heavy atom. The molecule has 0 radical (unpaired) electrons. The molecule has 0 aliphatic carbocycles. The monoisotopic (exact) mass is 417 g/mol. The molecule has 0 saturated heterocycles. The summed E-state index contributed by atoms with van der Waals surface area (Å²) < 4.78 is 25.4. The van der Waals surface area contributed by atoms with Gasteiger partial charge in [-0.1, -0.05) is 18.2 Å². The van der Waals surface area contributed by atoms with Gasteiger partial charge < -0.3 is 14.8 Å². The molecule has 0 fully saturated rings. The number of benzene rings is 2. The van der Waals surface area contributed by atoms with Crippen LogP contribution >= 0.6 is 28.3 Å².